The smallest absolute Gasteiger partial charge is 0.258 e. The average molecular weight is 345 g/mol. The molecule has 132 valence electrons. The Morgan fingerprint density at radius 1 is 1.16 bits per heavy atom. The Hall–Kier alpha value is -2.89. The Kier molecular flexibility index (Phi) is 6.51. The second-order valence-electron chi connectivity index (χ2n) is 5.39. The predicted octanol–water partition coefficient (Wildman–Crippen LogP) is 3.29. The molecule has 25 heavy (non-hydrogen) atoms. The summed E-state index contributed by atoms with van der Waals surface area (Å²) in [6.07, 6.45) is 0.712. The number of carbonyl (C=O) groups excluding carboxylic acids is 2. The number of aldehydes is 1. The number of halogens is 1. The van der Waals surface area contributed by atoms with Crippen molar-refractivity contribution in [1.29, 1.82) is 0 Å². The van der Waals surface area contributed by atoms with Gasteiger partial charge in [0.1, 0.15) is 12.1 Å². The molecule has 0 spiro atoms. The van der Waals surface area contributed by atoms with E-state index in [1.807, 2.05) is 6.92 Å². The molecule has 1 unspecified atom stereocenters. The number of amides is 1. The van der Waals surface area contributed by atoms with Gasteiger partial charge in [-0.2, -0.15) is 0 Å². The van der Waals surface area contributed by atoms with Crippen molar-refractivity contribution in [2.45, 2.75) is 19.9 Å². The van der Waals surface area contributed by atoms with Crippen LogP contribution in [0.1, 0.15) is 35.8 Å². The number of rotatable bonds is 8. The first-order valence-electron chi connectivity index (χ1n) is 7.93. The van der Waals surface area contributed by atoms with Gasteiger partial charge in [0.2, 0.25) is 0 Å². The number of hydrogen-bond acceptors (Lipinski definition) is 4. The highest BCUT2D eigenvalue weighted by atomic mass is 19.1. The minimum absolute atomic E-state index is 0.202. The van der Waals surface area contributed by atoms with E-state index in [2.05, 4.69) is 5.32 Å². The fourth-order valence-electron chi connectivity index (χ4n) is 2.25. The van der Waals surface area contributed by atoms with Gasteiger partial charge in [0.05, 0.1) is 12.6 Å². The Labute approximate surface area is 145 Å². The van der Waals surface area contributed by atoms with Crippen LogP contribution < -0.4 is 14.8 Å². The fraction of sp³-hybridized carbons (Fsp3) is 0.263. The molecule has 1 atom stereocenters. The third kappa shape index (κ3) is 5.31. The lowest BCUT2D eigenvalue weighted by molar-refractivity contribution is -0.123. The van der Waals surface area contributed by atoms with E-state index in [4.69, 9.17) is 9.47 Å². The molecule has 5 nitrogen and oxygen atoms in total. The van der Waals surface area contributed by atoms with Gasteiger partial charge < -0.3 is 14.8 Å². The third-order valence-corrected chi connectivity index (χ3v) is 3.51. The summed E-state index contributed by atoms with van der Waals surface area (Å²) in [5.41, 5.74) is 1.25. The third-order valence-electron chi connectivity index (χ3n) is 3.51. The predicted molar refractivity (Wildman–Crippen MR) is 91.5 cm³/mol. The van der Waals surface area contributed by atoms with Crippen molar-refractivity contribution in [2.24, 2.45) is 0 Å². The SMILES string of the molecule is CCOc1cc(C=O)ccc1OCC(=O)NC(C)c1ccc(F)cc1. The number of benzene rings is 2. The molecular formula is C19H20FNO4. The molecule has 0 saturated carbocycles. The van der Waals surface area contributed by atoms with Gasteiger partial charge in [-0.1, -0.05) is 12.1 Å². The number of hydrogen-bond donors (Lipinski definition) is 1. The molecule has 0 fully saturated rings. The van der Waals surface area contributed by atoms with E-state index in [0.717, 1.165) is 5.56 Å². The average Bonchev–Trinajstić information content (AvgIpc) is 2.61. The van der Waals surface area contributed by atoms with Gasteiger partial charge in [-0.3, -0.25) is 9.59 Å². The molecule has 1 N–H and O–H groups in total. The second kappa shape index (κ2) is 8.82. The summed E-state index contributed by atoms with van der Waals surface area (Å²) in [4.78, 5) is 22.9. The van der Waals surface area contributed by atoms with Crippen molar-refractivity contribution in [3.05, 3.63) is 59.4 Å². The summed E-state index contributed by atoms with van der Waals surface area (Å²) in [6, 6.07) is 10.4. The summed E-state index contributed by atoms with van der Waals surface area (Å²) in [5.74, 6) is 0.148. The molecule has 6 heteroatoms. The van der Waals surface area contributed by atoms with Gasteiger partial charge in [-0.15, -0.1) is 0 Å². The summed E-state index contributed by atoms with van der Waals surface area (Å²) in [6.45, 7) is 3.82. The van der Waals surface area contributed by atoms with Crippen LogP contribution in [0.2, 0.25) is 0 Å². The molecule has 0 aliphatic carbocycles. The highest BCUT2D eigenvalue weighted by Crippen LogP contribution is 2.28. The van der Waals surface area contributed by atoms with Crippen LogP contribution in [0.4, 0.5) is 4.39 Å². The zero-order valence-corrected chi connectivity index (χ0v) is 14.1. The van der Waals surface area contributed by atoms with Gasteiger partial charge >= 0.3 is 0 Å². The molecule has 0 aromatic heterocycles. The van der Waals surface area contributed by atoms with Crippen LogP contribution >= 0.6 is 0 Å². The molecule has 1 amide bonds. The molecule has 0 heterocycles. The second-order valence-corrected chi connectivity index (χ2v) is 5.39. The number of ether oxygens (including phenoxy) is 2. The van der Waals surface area contributed by atoms with Crippen LogP contribution in [-0.4, -0.2) is 25.4 Å². The van der Waals surface area contributed by atoms with E-state index in [-0.39, 0.29) is 24.4 Å². The molecular weight excluding hydrogens is 325 g/mol. The van der Waals surface area contributed by atoms with Crippen LogP contribution in [0.3, 0.4) is 0 Å². The Morgan fingerprint density at radius 3 is 2.52 bits per heavy atom. The maximum Gasteiger partial charge on any atom is 0.258 e. The van der Waals surface area contributed by atoms with Crippen LogP contribution in [-0.2, 0) is 4.79 Å². The van der Waals surface area contributed by atoms with E-state index in [0.29, 0.717) is 30.0 Å². The topological polar surface area (TPSA) is 64.6 Å². The van der Waals surface area contributed by atoms with Crippen LogP contribution in [0.15, 0.2) is 42.5 Å². The Bertz CT molecular complexity index is 731. The minimum atomic E-state index is -0.326. The summed E-state index contributed by atoms with van der Waals surface area (Å²) in [5, 5.41) is 2.78. The van der Waals surface area contributed by atoms with Crippen molar-refractivity contribution < 1.29 is 23.5 Å². The molecule has 0 saturated heterocycles. The van der Waals surface area contributed by atoms with Crippen LogP contribution in [0.5, 0.6) is 11.5 Å². The molecule has 2 aromatic rings. The zero-order valence-electron chi connectivity index (χ0n) is 14.1. The van der Waals surface area contributed by atoms with Gasteiger partial charge in [0, 0.05) is 5.56 Å². The molecule has 2 aromatic carbocycles. The van der Waals surface area contributed by atoms with Crippen molar-refractivity contribution in [1.82, 2.24) is 5.32 Å². The minimum Gasteiger partial charge on any atom is -0.490 e. The number of carbonyl (C=O) groups is 2. The van der Waals surface area contributed by atoms with Crippen molar-refractivity contribution in [3.63, 3.8) is 0 Å². The molecule has 0 aliphatic rings. The van der Waals surface area contributed by atoms with Crippen molar-refractivity contribution in [2.75, 3.05) is 13.2 Å². The standard InChI is InChI=1S/C19H20FNO4/c1-3-24-18-10-14(11-22)4-9-17(18)25-12-19(23)21-13(2)15-5-7-16(20)8-6-15/h4-11,13H,3,12H2,1-2H3,(H,21,23). The van der Waals surface area contributed by atoms with Gasteiger partial charge in [0.15, 0.2) is 18.1 Å². The zero-order chi connectivity index (χ0) is 18.2. The van der Waals surface area contributed by atoms with Crippen LogP contribution in [0, 0.1) is 5.82 Å². The fourth-order valence-corrected chi connectivity index (χ4v) is 2.25. The quantitative estimate of drug-likeness (QED) is 0.746. The summed E-state index contributed by atoms with van der Waals surface area (Å²) < 4.78 is 23.9. The maximum absolute atomic E-state index is 12.9. The normalized spacial score (nSPS) is 11.5. The van der Waals surface area contributed by atoms with E-state index < -0.39 is 0 Å². The lowest BCUT2D eigenvalue weighted by atomic mass is 10.1. The number of nitrogens with one attached hydrogen (secondary N) is 1. The molecule has 0 radical (unpaired) electrons. The van der Waals surface area contributed by atoms with E-state index in [9.17, 15) is 14.0 Å². The lowest BCUT2D eigenvalue weighted by Crippen LogP contribution is -2.31. The van der Waals surface area contributed by atoms with Crippen molar-refractivity contribution in [3.8, 4) is 11.5 Å². The first-order chi connectivity index (χ1) is 12.0. The maximum atomic E-state index is 12.9. The van der Waals surface area contributed by atoms with E-state index in [1.54, 1.807) is 37.3 Å². The van der Waals surface area contributed by atoms with Crippen LogP contribution in [0.25, 0.3) is 0 Å². The van der Waals surface area contributed by atoms with E-state index in [1.165, 1.54) is 12.1 Å². The summed E-state index contributed by atoms with van der Waals surface area (Å²) >= 11 is 0. The molecule has 0 aliphatic heterocycles. The Morgan fingerprint density at radius 2 is 1.88 bits per heavy atom. The van der Waals surface area contributed by atoms with E-state index >= 15 is 0 Å². The highest BCUT2D eigenvalue weighted by Gasteiger charge is 2.12. The monoisotopic (exact) mass is 345 g/mol. The Balaban J connectivity index is 1.95. The largest absolute Gasteiger partial charge is 0.490 e. The summed E-state index contributed by atoms with van der Waals surface area (Å²) in [7, 11) is 0. The van der Waals surface area contributed by atoms with Gasteiger partial charge in [0.25, 0.3) is 5.91 Å². The first kappa shape index (κ1) is 18.4. The lowest BCUT2D eigenvalue weighted by Gasteiger charge is -2.16. The highest BCUT2D eigenvalue weighted by molar-refractivity contribution is 5.78. The van der Waals surface area contributed by atoms with Gasteiger partial charge in [-0.05, 0) is 49.7 Å². The molecule has 0 bridgehead atoms. The van der Waals surface area contributed by atoms with Gasteiger partial charge in [-0.25, -0.2) is 4.39 Å². The first-order valence-corrected chi connectivity index (χ1v) is 7.93. The van der Waals surface area contributed by atoms with Crippen molar-refractivity contribution >= 4 is 12.2 Å². The molecule has 2 rings (SSSR count).